The van der Waals surface area contributed by atoms with Crippen molar-refractivity contribution in [3.8, 4) is 0 Å². The fraction of sp³-hybridized carbons (Fsp3) is 0.778. The minimum absolute atomic E-state index is 0.243. The molecule has 0 atom stereocenters. The van der Waals surface area contributed by atoms with E-state index in [0.29, 0.717) is 12.5 Å². The highest BCUT2D eigenvalue weighted by Gasteiger charge is 2.53. The summed E-state index contributed by atoms with van der Waals surface area (Å²) in [7, 11) is 0. The molecule has 2 aliphatic heterocycles. The first kappa shape index (κ1) is 11.0. The summed E-state index contributed by atoms with van der Waals surface area (Å²) in [6.07, 6.45) is -0.459. The molecule has 4 amide bonds. The normalized spacial score (nSPS) is 31.8. The third kappa shape index (κ3) is 1.90. The third-order valence-corrected chi connectivity index (χ3v) is 2.50. The van der Waals surface area contributed by atoms with Gasteiger partial charge in [-0.3, -0.25) is 0 Å². The van der Waals surface area contributed by atoms with Gasteiger partial charge in [0.2, 0.25) is 0 Å². The summed E-state index contributed by atoms with van der Waals surface area (Å²) in [6, 6.07) is -0.628. The Labute approximate surface area is 93.3 Å². The highest BCUT2D eigenvalue weighted by Crippen LogP contribution is 2.17. The molecule has 90 valence electrons. The Kier molecular flexibility index (Phi) is 2.63. The number of rotatable bonds is 4. The molecule has 2 aliphatic rings. The highest BCUT2D eigenvalue weighted by atomic mass is 16.5. The molecule has 2 saturated heterocycles. The van der Waals surface area contributed by atoms with Gasteiger partial charge in [0.15, 0.2) is 5.66 Å². The van der Waals surface area contributed by atoms with E-state index < -0.39 is 11.8 Å². The maximum absolute atomic E-state index is 11.2. The first-order valence-electron chi connectivity index (χ1n) is 5.27. The van der Waals surface area contributed by atoms with Crippen molar-refractivity contribution in [2.45, 2.75) is 25.7 Å². The van der Waals surface area contributed by atoms with Crippen LogP contribution in [0, 0.1) is 5.92 Å². The van der Waals surface area contributed by atoms with Crippen LogP contribution in [-0.4, -0.2) is 37.1 Å². The van der Waals surface area contributed by atoms with Gasteiger partial charge in [-0.25, -0.2) is 9.59 Å². The zero-order chi connectivity index (χ0) is 11.8. The molecule has 0 aromatic rings. The summed E-state index contributed by atoms with van der Waals surface area (Å²) in [4.78, 5) is 22.4. The molecule has 0 aromatic carbocycles. The number of ether oxygens (including phenoxy) is 1. The molecule has 16 heavy (non-hydrogen) atoms. The molecule has 7 nitrogen and oxygen atoms in total. The second-order valence-electron chi connectivity index (χ2n) is 4.51. The predicted octanol–water partition coefficient (Wildman–Crippen LogP) is -0.693. The van der Waals surface area contributed by atoms with Gasteiger partial charge in [0.05, 0.1) is 6.61 Å². The molecule has 2 heterocycles. The fourth-order valence-electron chi connectivity index (χ4n) is 1.81. The van der Waals surface area contributed by atoms with Gasteiger partial charge in [-0.05, 0) is 5.92 Å². The molecule has 0 spiro atoms. The summed E-state index contributed by atoms with van der Waals surface area (Å²) < 4.78 is 5.47. The summed E-state index contributed by atoms with van der Waals surface area (Å²) in [5.41, 5.74) is -0.858. The lowest BCUT2D eigenvalue weighted by molar-refractivity contribution is 0.0511. The molecule has 0 bridgehead atoms. The van der Waals surface area contributed by atoms with E-state index in [1.807, 2.05) is 13.8 Å². The van der Waals surface area contributed by atoms with Gasteiger partial charge in [-0.2, -0.15) is 0 Å². The Morgan fingerprint density at radius 3 is 2.31 bits per heavy atom. The molecule has 0 radical (unpaired) electrons. The zero-order valence-electron chi connectivity index (χ0n) is 9.29. The molecule has 0 aromatic heterocycles. The molecular weight excluding hydrogens is 212 g/mol. The van der Waals surface area contributed by atoms with Crippen LogP contribution in [0.3, 0.4) is 0 Å². The van der Waals surface area contributed by atoms with Crippen molar-refractivity contribution < 1.29 is 14.3 Å². The van der Waals surface area contributed by atoms with Crippen molar-refractivity contribution in [2.24, 2.45) is 5.92 Å². The number of hydrogen-bond acceptors (Lipinski definition) is 3. The topological polar surface area (TPSA) is 91.5 Å². The van der Waals surface area contributed by atoms with Crippen LogP contribution in [0.25, 0.3) is 0 Å². The van der Waals surface area contributed by atoms with E-state index >= 15 is 0 Å². The van der Waals surface area contributed by atoms with Gasteiger partial charge in [0.1, 0.15) is 6.17 Å². The highest BCUT2D eigenvalue weighted by molar-refractivity contribution is 5.86. The lowest BCUT2D eigenvalue weighted by atomic mass is 10.1. The van der Waals surface area contributed by atoms with E-state index in [0.717, 1.165) is 0 Å². The van der Waals surface area contributed by atoms with Gasteiger partial charge in [-0.15, -0.1) is 0 Å². The van der Waals surface area contributed by atoms with Gasteiger partial charge in [0, 0.05) is 6.61 Å². The average molecular weight is 228 g/mol. The first-order valence-corrected chi connectivity index (χ1v) is 5.27. The maximum atomic E-state index is 11.2. The second-order valence-corrected chi connectivity index (χ2v) is 4.51. The molecule has 2 rings (SSSR count). The largest absolute Gasteiger partial charge is 0.377 e. The fourth-order valence-corrected chi connectivity index (χ4v) is 1.81. The van der Waals surface area contributed by atoms with Gasteiger partial charge >= 0.3 is 12.1 Å². The van der Waals surface area contributed by atoms with Crippen molar-refractivity contribution in [1.82, 2.24) is 21.3 Å². The SMILES string of the molecule is CC(C)COCC12NC(=O)NC1NC(=O)N2. The Balaban J connectivity index is 1.98. The van der Waals surface area contributed by atoms with E-state index in [4.69, 9.17) is 4.74 Å². The minimum Gasteiger partial charge on any atom is -0.377 e. The van der Waals surface area contributed by atoms with Crippen LogP contribution in [0.1, 0.15) is 13.8 Å². The standard InChI is InChI=1S/C9H16N4O3/c1-5(2)3-16-4-9-6(10-7(14)12-9)11-8(15)13-9/h5-6H,3-4H2,1-2H3,(H2,10,12,14)(H2,11,13,15). The van der Waals surface area contributed by atoms with Crippen LogP contribution in [0.2, 0.25) is 0 Å². The second kappa shape index (κ2) is 3.82. The quantitative estimate of drug-likeness (QED) is 0.513. The maximum Gasteiger partial charge on any atom is 0.318 e. The van der Waals surface area contributed by atoms with Gasteiger partial charge in [0.25, 0.3) is 0 Å². The average Bonchev–Trinajstić information content (AvgIpc) is 2.54. The number of carbonyl (C=O) groups excluding carboxylic acids is 2. The summed E-state index contributed by atoms with van der Waals surface area (Å²) in [5, 5.41) is 10.5. The van der Waals surface area contributed by atoms with Crippen molar-refractivity contribution >= 4 is 12.1 Å². The van der Waals surface area contributed by atoms with Crippen LogP contribution in [-0.2, 0) is 4.74 Å². The zero-order valence-corrected chi connectivity index (χ0v) is 9.29. The Morgan fingerprint density at radius 1 is 1.25 bits per heavy atom. The van der Waals surface area contributed by atoms with Gasteiger partial charge < -0.3 is 26.0 Å². The molecule has 2 fully saturated rings. The van der Waals surface area contributed by atoms with Crippen molar-refractivity contribution in [3.63, 3.8) is 0 Å². The van der Waals surface area contributed by atoms with Crippen molar-refractivity contribution in [2.75, 3.05) is 13.2 Å². The number of urea groups is 2. The van der Waals surface area contributed by atoms with Crippen LogP contribution >= 0.6 is 0 Å². The van der Waals surface area contributed by atoms with E-state index in [1.165, 1.54) is 0 Å². The number of amides is 4. The molecule has 4 N–H and O–H groups in total. The van der Waals surface area contributed by atoms with Crippen LogP contribution in [0.4, 0.5) is 9.59 Å². The number of carbonyl (C=O) groups is 2. The first-order chi connectivity index (χ1) is 7.52. The molecule has 7 heteroatoms. The van der Waals surface area contributed by atoms with E-state index in [9.17, 15) is 9.59 Å². The molecule has 0 unspecified atom stereocenters. The molecular formula is C9H16N4O3. The lowest BCUT2D eigenvalue weighted by Crippen LogP contribution is -2.60. The van der Waals surface area contributed by atoms with E-state index in [1.54, 1.807) is 0 Å². The lowest BCUT2D eigenvalue weighted by Gasteiger charge is -2.26. The van der Waals surface area contributed by atoms with Crippen LogP contribution < -0.4 is 21.3 Å². The number of nitrogens with one attached hydrogen (secondary N) is 4. The Morgan fingerprint density at radius 2 is 1.81 bits per heavy atom. The predicted molar refractivity (Wildman–Crippen MR) is 55.5 cm³/mol. The van der Waals surface area contributed by atoms with E-state index in [2.05, 4.69) is 21.3 Å². The van der Waals surface area contributed by atoms with Crippen LogP contribution in [0.15, 0.2) is 0 Å². The molecule has 0 aliphatic carbocycles. The Bertz CT molecular complexity index is 298. The van der Waals surface area contributed by atoms with E-state index in [-0.39, 0.29) is 18.7 Å². The summed E-state index contributed by atoms with van der Waals surface area (Å²) in [5.74, 6) is 0.407. The molecule has 0 saturated carbocycles. The van der Waals surface area contributed by atoms with Crippen LogP contribution in [0.5, 0.6) is 0 Å². The summed E-state index contributed by atoms with van der Waals surface area (Å²) in [6.45, 7) is 4.89. The van der Waals surface area contributed by atoms with Gasteiger partial charge in [-0.1, -0.05) is 13.8 Å². The number of hydrogen-bond donors (Lipinski definition) is 4. The minimum atomic E-state index is -0.858. The van der Waals surface area contributed by atoms with Crippen molar-refractivity contribution in [1.29, 1.82) is 0 Å². The van der Waals surface area contributed by atoms with Crippen molar-refractivity contribution in [3.05, 3.63) is 0 Å². The smallest absolute Gasteiger partial charge is 0.318 e. The monoisotopic (exact) mass is 228 g/mol. The third-order valence-electron chi connectivity index (χ3n) is 2.50. The Hall–Kier alpha value is -1.50. The summed E-state index contributed by atoms with van der Waals surface area (Å²) >= 11 is 0. The number of fused-ring (bicyclic) bond motifs is 1.